The lowest BCUT2D eigenvalue weighted by Gasteiger charge is -2.12. The molecule has 1 N–H and O–H groups in total. The quantitative estimate of drug-likeness (QED) is 0.553. The van der Waals surface area contributed by atoms with Crippen LogP contribution in [0, 0.1) is 11.6 Å². The fraction of sp³-hybridized carbons (Fsp3) is 0.182. The summed E-state index contributed by atoms with van der Waals surface area (Å²) < 4.78 is 59.9. The Kier molecular flexibility index (Phi) is 5.69. The highest BCUT2D eigenvalue weighted by Crippen LogP contribution is 2.39. The number of azo groups is 1. The van der Waals surface area contributed by atoms with Gasteiger partial charge in [-0.15, -0.1) is 0 Å². The molecule has 6 nitrogen and oxygen atoms in total. The molecule has 0 saturated heterocycles. The number of hydrogen-bond donors (Lipinski definition) is 1. The SMILES string of the molecule is COc1ccc(C2CC(c3ccc(NS(=O)(=O)c4c(F)cccc4F)cc3)N=N2)cc1. The van der Waals surface area contributed by atoms with Crippen LogP contribution in [0.5, 0.6) is 5.75 Å². The maximum Gasteiger partial charge on any atom is 0.267 e. The Hall–Kier alpha value is -3.33. The molecule has 0 fully saturated rings. The minimum absolute atomic E-state index is 0.0712. The summed E-state index contributed by atoms with van der Waals surface area (Å²) in [7, 11) is -2.80. The third-order valence-electron chi connectivity index (χ3n) is 5.03. The molecule has 0 amide bonds. The van der Waals surface area contributed by atoms with Crippen LogP contribution >= 0.6 is 0 Å². The highest BCUT2D eigenvalue weighted by Gasteiger charge is 2.26. The zero-order chi connectivity index (χ0) is 22.0. The minimum atomic E-state index is -4.41. The van der Waals surface area contributed by atoms with Gasteiger partial charge in [-0.05, 0) is 47.5 Å². The Morgan fingerprint density at radius 2 is 1.39 bits per heavy atom. The Labute approximate surface area is 178 Å². The summed E-state index contributed by atoms with van der Waals surface area (Å²) in [4.78, 5) is -1.01. The normalized spacial score (nSPS) is 18.2. The highest BCUT2D eigenvalue weighted by molar-refractivity contribution is 7.92. The van der Waals surface area contributed by atoms with Crippen LogP contribution in [-0.2, 0) is 10.0 Å². The zero-order valence-corrected chi connectivity index (χ0v) is 17.3. The predicted molar refractivity (Wildman–Crippen MR) is 112 cm³/mol. The van der Waals surface area contributed by atoms with Gasteiger partial charge in [-0.1, -0.05) is 30.3 Å². The van der Waals surface area contributed by atoms with E-state index in [1.165, 1.54) is 12.1 Å². The van der Waals surface area contributed by atoms with Crippen molar-refractivity contribution in [2.24, 2.45) is 10.2 Å². The van der Waals surface area contributed by atoms with Gasteiger partial charge >= 0.3 is 0 Å². The van der Waals surface area contributed by atoms with E-state index in [1.54, 1.807) is 19.2 Å². The summed E-state index contributed by atoms with van der Waals surface area (Å²) in [6, 6.07) is 16.8. The number of rotatable bonds is 6. The van der Waals surface area contributed by atoms with E-state index in [4.69, 9.17) is 4.74 Å². The van der Waals surface area contributed by atoms with Gasteiger partial charge in [-0.25, -0.2) is 17.2 Å². The summed E-state index contributed by atoms with van der Waals surface area (Å²) in [5, 5.41) is 8.69. The lowest BCUT2D eigenvalue weighted by atomic mass is 9.97. The summed E-state index contributed by atoms with van der Waals surface area (Å²) in [5.74, 6) is -1.54. The fourth-order valence-electron chi connectivity index (χ4n) is 3.42. The molecule has 160 valence electrons. The molecule has 2 unspecified atom stereocenters. The first-order chi connectivity index (χ1) is 14.9. The summed E-state index contributed by atoms with van der Waals surface area (Å²) in [6.45, 7) is 0. The van der Waals surface area contributed by atoms with Crippen molar-refractivity contribution in [1.29, 1.82) is 0 Å². The molecule has 2 atom stereocenters. The minimum Gasteiger partial charge on any atom is -0.497 e. The molecule has 1 aliphatic heterocycles. The van der Waals surface area contributed by atoms with Crippen molar-refractivity contribution in [2.75, 3.05) is 11.8 Å². The van der Waals surface area contributed by atoms with E-state index in [2.05, 4.69) is 15.0 Å². The number of sulfonamides is 1. The highest BCUT2D eigenvalue weighted by atomic mass is 32.2. The van der Waals surface area contributed by atoms with Crippen molar-refractivity contribution >= 4 is 15.7 Å². The van der Waals surface area contributed by atoms with Crippen LogP contribution < -0.4 is 9.46 Å². The van der Waals surface area contributed by atoms with Gasteiger partial charge in [-0.2, -0.15) is 10.2 Å². The number of nitrogens with one attached hydrogen (secondary N) is 1. The van der Waals surface area contributed by atoms with Gasteiger partial charge in [0.2, 0.25) is 0 Å². The lowest BCUT2D eigenvalue weighted by Crippen LogP contribution is -2.16. The summed E-state index contributed by atoms with van der Waals surface area (Å²) in [5.41, 5.74) is 2.08. The molecule has 0 saturated carbocycles. The van der Waals surface area contributed by atoms with E-state index < -0.39 is 26.6 Å². The van der Waals surface area contributed by atoms with Gasteiger partial charge in [0.05, 0.1) is 19.2 Å². The van der Waals surface area contributed by atoms with E-state index in [0.717, 1.165) is 35.1 Å². The van der Waals surface area contributed by atoms with Crippen LogP contribution in [0.1, 0.15) is 29.6 Å². The molecular weight excluding hydrogens is 424 g/mol. The molecule has 1 aliphatic rings. The van der Waals surface area contributed by atoms with Crippen LogP contribution in [0.3, 0.4) is 0 Å². The van der Waals surface area contributed by atoms with Gasteiger partial charge in [-0.3, -0.25) is 4.72 Å². The van der Waals surface area contributed by atoms with Crippen LogP contribution in [0.2, 0.25) is 0 Å². The van der Waals surface area contributed by atoms with Crippen molar-refractivity contribution in [3.05, 3.63) is 89.5 Å². The second-order valence-corrected chi connectivity index (χ2v) is 8.67. The standard InChI is InChI=1S/C22H19F2N3O3S/c1-30-17-11-7-15(8-12-17)21-13-20(25-26-21)14-5-9-16(10-6-14)27-31(28,29)22-18(23)3-2-4-19(22)24/h2-12,20-21,27H,13H2,1H3. The third kappa shape index (κ3) is 4.41. The maximum atomic E-state index is 13.8. The zero-order valence-electron chi connectivity index (χ0n) is 16.5. The lowest BCUT2D eigenvalue weighted by molar-refractivity contribution is 0.414. The fourth-order valence-corrected chi connectivity index (χ4v) is 4.61. The van der Waals surface area contributed by atoms with Crippen LogP contribution in [0.25, 0.3) is 0 Å². The summed E-state index contributed by atoms with van der Waals surface area (Å²) >= 11 is 0. The van der Waals surface area contributed by atoms with E-state index in [0.29, 0.717) is 6.42 Å². The molecule has 4 rings (SSSR count). The largest absolute Gasteiger partial charge is 0.497 e. The topological polar surface area (TPSA) is 80.1 Å². The molecule has 1 heterocycles. The Morgan fingerprint density at radius 1 is 0.871 bits per heavy atom. The van der Waals surface area contributed by atoms with Gasteiger partial charge < -0.3 is 4.74 Å². The number of benzene rings is 3. The monoisotopic (exact) mass is 443 g/mol. The van der Waals surface area contributed by atoms with Crippen molar-refractivity contribution < 1.29 is 21.9 Å². The molecule has 0 radical (unpaired) electrons. The Bertz CT molecular complexity index is 1190. The molecule has 0 spiro atoms. The van der Waals surface area contributed by atoms with Crippen LogP contribution in [0.4, 0.5) is 14.5 Å². The van der Waals surface area contributed by atoms with E-state index in [9.17, 15) is 17.2 Å². The molecule has 31 heavy (non-hydrogen) atoms. The number of nitrogens with zero attached hydrogens (tertiary/aromatic N) is 2. The smallest absolute Gasteiger partial charge is 0.267 e. The molecule has 9 heteroatoms. The molecule has 0 aliphatic carbocycles. The first-order valence-corrected chi connectivity index (χ1v) is 11.0. The maximum absolute atomic E-state index is 13.8. The second kappa shape index (κ2) is 8.43. The summed E-state index contributed by atoms with van der Waals surface area (Å²) in [6.07, 6.45) is 0.678. The van der Waals surface area contributed by atoms with Gasteiger partial charge in [0.15, 0.2) is 4.90 Å². The second-order valence-electron chi connectivity index (χ2n) is 7.05. The molecular formula is C22H19F2N3O3S. The van der Waals surface area contributed by atoms with Crippen molar-refractivity contribution in [3.63, 3.8) is 0 Å². The van der Waals surface area contributed by atoms with Crippen molar-refractivity contribution in [1.82, 2.24) is 0 Å². The number of halogens is 2. The molecule has 0 aromatic heterocycles. The van der Waals surface area contributed by atoms with Crippen molar-refractivity contribution in [3.8, 4) is 5.75 Å². The number of hydrogen-bond acceptors (Lipinski definition) is 5. The van der Waals surface area contributed by atoms with E-state index in [1.807, 2.05) is 24.3 Å². The first-order valence-electron chi connectivity index (χ1n) is 9.48. The first kappa shape index (κ1) is 20.9. The average Bonchev–Trinajstić information content (AvgIpc) is 3.24. The Morgan fingerprint density at radius 3 is 1.90 bits per heavy atom. The number of methoxy groups -OCH3 is 1. The number of ether oxygens (including phenoxy) is 1. The molecule has 3 aromatic carbocycles. The van der Waals surface area contributed by atoms with Crippen molar-refractivity contribution in [2.45, 2.75) is 23.4 Å². The van der Waals surface area contributed by atoms with Gasteiger partial charge in [0, 0.05) is 12.1 Å². The van der Waals surface area contributed by atoms with Gasteiger partial charge in [0.25, 0.3) is 10.0 Å². The van der Waals surface area contributed by atoms with E-state index in [-0.39, 0.29) is 17.8 Å². The van der Waals surface area contributed by atoms with Gasteiger partial charge in [0.1, 0.15) is 17.4 Å². The average molecular weight is 443 g/mol. The predicted octanol–water partition coefficient (Wildman–Crippen LogP) is 5.41. The van der Waals surface area contributed by atoms with Crippen LogP contribution in [0.15, 0.2) is 81.9 Å². The molecule has 0 bridgehead atoms. The number of anilines is 1. The Balaban J connectivity index is 1.46. The van der Waals surface area contributed by atoms with E-state index >= 15 is 0 Å². The third-order valence-corrected chi connectivity index (χ3v) is 6.46. The molecule has 3 aromatic rings. The van der Waals surface area contributed by atoms with Crippen LogP contribution in [-0.4, -0.2) is 15.5 Å².